The number of sulfonamides is 1. The Labute approximate surface area is 129 Å². The Kier molecular flexibility index (Phi) is 5.13. The number of hydrogen-bond acceptors (Lipinski definition) is 3. The lowest BCUT2D eigenvalue weighted by Crippen LogP contribution is -2.43. The van der Waals surface area contributed by atoms with E-state index in [0.717, 1.165) is 6.26 Å². The standard InChI is InChI=1S/C15H17N3O3S/c1-22(20,21)16-12-18(14-10-6-3-7-11-14)15(19)17-13-8-4-2-5-9-13/h2-11,16H,12H2,1H3,(H,17,19). The van der Waals surface area contributed by atoms with E-state index < -0.39 is 16.1 Å². The van der Waals surface area contributed by atoms with E-state index in [4.69, 9.17) is 0 Å². The molecule has 0 saturated carbocycles. The van der Waals surface area contributed by atoms with E-state index in [1.807, 2.05) is 12.1 Å². The number of benzene rings is 2. The summed E-state index contributed by atoms with van der Waals surface area (Å²) in [5.74, 6) is 0. The zero-order valence-corrected chi connectivity index (χ0v) is 12.9. The molecule has 7 heteroatoms. The van der Waals surface area contributed by atoms with Crippen molar-refractivity contribution in [1.29, 1.82) is 0 Å². The van der Waals surface area contributed by atoms with Crippen molar-refractivity contribution in [2.24, 2.45) is 0 Å². The molecule has 2 aromatic carbocycles. The van der Waals surface area contributed by atoms with Gasteiger partial charge in [-0.25, -0.2) is 13.2 Å². The normalized spacial score (nSPS) is 11.0. The van der Waals surface area contributed by atoms with Crippen LogP contribution in [0.25, 0.3) is 0 Å². The Bertz CT molecular complexity index is 718. The summed E-state index contributed by atoms with van der Waals surface area (Å²) < 4.78 is 24.9. The molecule has 0 aliphatic rings. The molecule has 0 bridgehead atoms. The quantitative estimate of drug-likeness (QED) is 0.830. The average molecular weight is 319 g/mol. The molecule has 2 N–H and O–H groups in total. The van der Waals surface area contributed by atoms with Crippen LogP contribution in [0, 0.1) is 0 Å². The van der Waals surface area contributed by atoms with Crippen molar-refractivity contribution < 1.29 is 13.2 Å². The van der Waals surface area contributed by atoms with E-state index >= 15 is 0 Å². The fourth-order valence-corrected chi connectivity index (χ4v) is 2.15. The van der Waals surface area contributed by atoms with Gasteiger partial charge in [0.2, 0.25) is 10.0 Å². The molecule has 0 aromatic heterocycles. The van der Waals surface area contributed by atoms with Gasteiger partial charge in [0, 0.05) is 11.4 Å². The van der Waals surface area contributed by atoms with Crippen LogP contribution in [-0.4, -0.2) is 27.4 Å². The minimum absolute atomic E-state index is 0.151. The van der Waals surface area contributed by atoms with Gasteiger partial charge in [-0.15, -0.1) is 0 Å². The van der Waals surface area contributed by atoms with Gasteiger partial charge in [0.1, 0.15) is 0 Å². The highest BCUT2D eigenvalue weighted by molar-refractivity contribution is 7.88. The first kappa shape index (κ1) is 16.0. The van der Waals surface area contributed by atoms with Gasteiger partial charge in [0.15, 0.2) is 0 Å². The van der Waals surface area contributed by atoms with Gasteiger partial charge in [-0.2, -0.15) is 4.72 Å². The van der Waals surface area contributed by atoms with E-state index in [2.05, 4.69) is 10.0 Å². The highest BCUT2D eigenvalue weighted by Crippen LogP contribution is 2.15. The molecule has 0 fully saturated rings. The second-order valence-electron chi connectivity index (χ2n) is 4.63. The Morgan fingerprint density at radius 1 is 1.00 bits per heavy atom. The number of nitrogens with one attached hydrogen (secondary N) is 2. The number of para-hydroxylation sites is 2. The van der Waals surface area contributed by atoms with Crippen LogP contribution in [0.15, 0.2) is 60.7 Å². The van der Waals surface area contributed by atoms with Crippen molar-refractivity contribution in [2.45, 2.75) is 0 Å². The smallest absolute Gasteiger partial charge is 0.308 e. The molecule has 0 saturated heterocycles. The molecule has 0 atom stereocenters. The molecule has 0 unspecified atom stereocenters. The van der Waals surface area contributed by atoms with Gasteiger partial charge in [0.05, 0.1) is 12.9 Å². The van der Waals surface area contributed by atoms with Crippen molar-refractivity contribution in [3.63, 3.8) is 0 Å². The summed E-state index contributed by atoms with van der Waals surface area (Å²) >= 11 is 0. The SMILES string of the molecule is CS(=O)(=O)NCN(C(=O)Nc1ccccc1)c1ccccc1. The maximum Gasteiger partial charge on any atom is 0.327 e. The number of carbonyl (C=O) groups excluding carboxylic acids is 1. The number of hydrogen-bond donors (Lipinski definition) is 2. The Morgan fingerprint density at radius 3 is 2.09 bits per heavy atom. The number of anilines is 2. The van der Waals surface area contributed by atoms with Gasteiger partial charge in [-0.1, -0.05) is 36.4 Å². The maximum absolute atomic E-state index is 12.4. The molecule has 0 aliphatic heterocycles. The third-order valence-electron chi connectivity index (χ3n) is 2.82. The van der Waals surface area contributed by atoms with Crippen LogP contribution in [0.1, 0.15) is 0 Å². The first-order chi connectivity index (χ1) is 10.5. The summed E-state index contributed by atoms with van der Waals surface area (Å²) in [6.45, 7) is -0.151. The molecule has 116 valence electrons. The molecule has 2 aromatic rings. The number of nitrogens with zero attached hydrogens (tertiary/aromatic N) is 1. The van der Waals surface area contributed by atoms with Crippen molar-refractivity contribution in [3.05, 3.63) is 60.7 Å². The summed E-state index contributed by atoms with van der Waals surface area (Å²) in [4.78, 5) is 13.7. The predicted octanol–water partition coefficient (Wildman–Crippen LogP) is 2.23. The largest absolute Gasteiger partial charge is 0.327 e. The highest BCUT2D eigenvalue weighted by atomic mass is 32.2. The van der Waals surface area contributed by atoms with Crippen LogP contribution < -0.4 is 14.9 Å². The van der Waals surface area contributed by atoms with Crippen LogP contribution >= 0.6 is 0 Å². The second-order valence-corrected chi connectivity index (χ2v) is 6.47. The van der Waals surface area contributed by atoms with Crippen LogP contribution in [0.5, 0.6) is 0 Å². The van der Waals surface area contributed by atoms with E-state index in [9.17, 15) is 13.2 Å². The minimum Gasteiger partial charge on any atom is -0.308 e. The molecular weight excluding hydrogens is 302 g/mol. The molecule has 0 heterocycles. The van der Waals surface area contributed by atoms with Crippen molar-refractivity contribution >= 4 is 27.4 Å². The molecule has 0 radical (unpaired) electrons. The fraction of sp³-hybridized carbons (Fsp3) is 0.133. The average Bonchev–Trinajstić information content (AvgIpc) is 2.48. The summed E-state index contributed by atoms with van der Waals surface area (Å²) in [5, 5.41) is 2.73. The molecule has 22 heavy (non-hydrogen) atoms. The molecule has 2 amide bonds. The summed E-state index contributed by atoms with van der Waals surface area (Å²) in [5.41, 5.74) is 1.22. The van der Waals surface area contributed by atoms with Crippen molar-refractivity contribution in [1.82, 2.24) is 4.72 Å². The van der Waals surface area contributed by atoms with Crippen LogP contribution in [-0.2, 0) is 10.0 Å². The fourth-order valence-electron chi connectivity index (χ4n) is 1.78. The lowest BCUT2D eigenvalue weighted by Gasteiger charge is -2.23. The number of rotatable bonds is 5. The van der Waals surface area contributed by atoms with Gasteiger partial charge in [-0.3, -0.25) is 4.90 Å². The van der Waals surface area contributed by atoms with Crippen molar-refractivity contribution in [2.75, 3.05) is 23.1 Å². The summed E-state index contributed by atoms with van der Waals surface area (Å²) in [7, 11) is -3.41. The monoisotopic (exact) mass is 319 g/mol. The topological polar surface area (TPSA) is 78.5 Å². The summed E-state index contributed by atoms with van der Waals surface area (Å²) in [6.07, 6.45) is 1.05. The van der Waals surface area contributed by atoms with Crippen LogP contribution in [0.2, 0.25) is 0 Å². The van der Waals surface area contributed by atoms with E-state index in [0.29, 0.717) is 11.4 Å². The minimum atomic E-state index is -3.41. The summed E-state index contributed by atoms with van der Waals surface area (Å²) in [6, 6.07) is 17.4. The Balaban J connectivity index is 2.18. The van der Waals surface area contributed by atoms with Gasteiger partial charge < -0.3 is 5.32 Å². The second kappa shape index (κ2) is 7.06. The Morgan fingerprint density at radius 2 is 1.55 bits per heavy atom. The molecular formula is C15H17N3O3S. The third kappa shape index (κ3) is 4.87. The third-order valence-corrected chi connectivity index (χ3v) is 3.48. The Hall–Kier alpha value is -2.38. The van der Waals surface area contributed by atoms with E-state index in [1.54, 1.807) is 48.5 Å². The highest BCUT2D eigenvalue weighted by Gasteiger charge is 2.17. The molecule has 0 spiro atoms. The lowest BCUT2D eigenvalue weighted by molar-refractivity contribution is 0.257. The molecule has 0 aliphatic carbocycles. The van der Waals surface area contributed by atoms with E-state index in [1.165, 1.54) is 4.90 Å². The first-order valence-electron chi connectivity index (χ1n) is 6.59. The van der Waals surface area contributed by atoms with Gasteiger partial charge in [-0.05, 0) is 24.3 Å². The van der Waals surface area contributed by atoms with Crippen molar-refractivity contribution in [3.8, 4) is 0 Å². The van der Waals surface area contributed by atoms with Gasteiger partial charge in [0.25, 0.3) is 0 Å². The molecule has 2 rings (SSSR count). The zero-order chi connectivity index (χ0) is 16.0. The number of amides is 2. The lowest BCUT2D eigenvalue weighted by atomic mass is 10.3. The molecule has 6 nitrogen and oxygen atoms in total. The number of carbonyl (C=O) groups is 1. The van der Waals surface area contributed by atoms with E-state index in [-0.39, 0.29) is 6.67 Å². The van der Waals surface area contributed by atoms with Crippen LogP contribution in [0.3, 0.4) is 0 Å². The maximum atomic E-state index is 12.4. The number of urea groups is 1. The zero-order valence-electron chi connectivity index (χ0n) is 12.1. The first-order valence-corrected chi connectivity index (χ1v) is 8.48. The van der Waals surface area contributed by atoms with Gasteiger partial charge >= 0.3 is 6.03 Å². The predicted molar refractivity (Wildman–Crippen MR) is 87.2 cm³/mol. The van der Waals surface area contributed by atoms with Crippen LogP contribution in [0.4, 0.5) is 16.2 Å².